The van der Waals surface area contributed by atoms with Crippen molar-refractivity contribution in [2.24, 2.45) is 0 Å². The summed E-state index contributed by atoms with van der Waals surface area (Å²) in [4.78, 5) is 25.8. The first-order chi connectivity index (χ1) is 15.2. The van der Waals surface area contributed by atoms with E-state index in [1.165, 1.54) is 12.1 Å². The maximum absolute atomic E-state index is 11.3. The van der Waals surface area contributed by atoms with Crippen LogP contribution in [0, 0.1) is 0 Å². The maximum Gasteiger partial charge on any atom is 0.488 e. The lowest BCUT2D eigenvalue weighted by atomic mass is 9.77. The van der Waals surface area contributed by atoms with Gasteiger partial charge in [0.15, 0.2) is 0 Å². The smallest absolute Gasteiger partial charge is 0.480 e. The Balaban J connectivity index is 2.17. The first-order valence-electron chi connectivity index (χ1n) is 9.93. The van der Waals surface area contributed by atoms with E-state index in [9.17, 15) is 39.9 Å². The molecule has 6 N–H and O–H groups in total. The highest BCUT2D eigenvalue weighted by Gasteiger charge is 2.21. The monoisotopic (exact) mass is 444 g/mol. The minimum absolute atomic E-state index is 0.118. The van der Waals surface area contributed by atoms with Crippen LogP contribution in [0.1, 0.15) is 11.1 Å². The van der Waals surface area contributed by atoms with E-state index < -0.39 is 26.2 Å². The highest BCUT2D eigenvalue weighted by atomic mass is 16.4. The van der Waals surface area contributed by atoms with Crippen molar-refractivity contribution < 1.29 is 39.9 Å². The summed E-state index contributed by atoms with van der Waals surface area (Å²) in [5.74, 6) is -2.16. The molecule has 170 valence electrons. The number of carboxylic acids is 2. The third-order valence-electron chi connectivity index (χ3n) is 4.90. The van der Waals surface area contributed by atoms with Gasteiger partial charge in [0.1, 0.15) is 0 Å². The van der Waals surface area contributed by atoms with Crippen molar-refractivity contribution in [2.45, 2.75) is 13.1 Å². The molecule has 2 rings (SSSR count). The number of hydrogen-bond donors (Lipinski definition) is 6. The van der Waals surface area contributed by atoms with Crippen LogP contribution in [0.5, 0.6) is 0 Å². The van der Waals surface area contributed by atoms with Gasteiger partial charge in [-0.1, -0.05) is 48.5 Å². The SMILES string of the molecule is O=C(O)CN(CCN(CC(=O)O)Cc1ccccc1B(O)O)Cc1ccccc1B(O)O. The molecule has 0 radical (unpaired) electrons. The molecule has 2 aromatic rings. The Kier molecular flexibility index (Phi) is 9.85. The lowest BCUT2D eigenvalue weighted by molar-refractivity contribution is -0.140. The summed E-state index contributed by atoms with van der Waals surface area (Å²) < 4.78 is 0. The molecule has 0 bridgehead atoms. The van der Waals surface area contributed by atoms with Crippen molar-refractivity contribution in [1.82, 2.24) is 9.80 Å². The Morgan fingerprint density at radius 1 is 0.656 bits per heavy atom. The van der Waals surface area contributed by atoms with Gasteiger partial charge in [0.05, 0.1) is 13.1 Å². The van der Waals surface area contributed by atoms with Crippen LogP contribution in [0.25, 0.3) is 0 Å². The summed E-state index contributed by atoms with van der Waals surface area (Å²) in [6, 6.07) is 13.1. The van der Waals surface area contributed by atoms with Gasteiger partial charge in [-0.3, -0.25) is 19.4 Å². The second-order valence-electron chi connectivity index (χ2n) is 7.35. The van der Waals surface area contributed by atoms with Crippen LogP contribution in [-0.4, -0.2) is 92.5 Å². The maximum atomic E-state index is 11.3. The topological polar surface area (TPSA) is 162 Å². The number of hydrogen-bond acceptors (Lipinski definition) is 8. The fraction of sp³-hybridized carbons (Fsp3) is 0.300. The average molecular weight is 444 g/mol. The third-order valence-corrected chi connectivity index (χ3v) is 4.90. The summed E-state index contributed by atoms with van der Waals surface area (Å²) in [6.07, 6.45) is 0. The molecule has 0 aliphatic carbocycles. The van der Waals surface area contributed by atoms with Gasteiger partial charge >= 0.3 is 26.2 Å². The molecule has 0 aliphatic rings. The highest BCUT2D eigenvalue weighted by molar-refractivity contribution is 6.59. The number of nitrogens with zero attached hydrogens (tertiary/aromatic N) is 2. The highest BCUT2D eigenvalue weighted by Crippen LogP contribution is 2.07. The van der Waals surface area contributed by atoms with E-state index in [1.807, 2.05) is 0 Å². The zero-order valence-electron chi connectivity index (χ0n) is 17.4. The van der Waals surface area contributed by atoms with Gasteiger partial charge in [0.25, 0.3) is 0 Å². The van der Waals surface area contributed by atoms with Crippen LogP contribution in [0.15, 0.2) is 48.5 Å². The van der Waals surface area contributed by atoms with Crippen LogP contribution < -0.4 is 10.9 Å². The fourth-order valence-electron chi connectivity index (χ4n) is 3.44. The van der Waals surface area contributed by atoms with E-state index in [1.54, 1.807) is 46.2 Å². The molecular weight excluding hydrogens is 418 g/mol. The van der Waals surface area contributed by atoms with Gasteiger partial charge in [-0.25, -0.2) is 0 Å². The van der Waals surface area contributed by atoms with Crippen molar-refractivity contribution in [3.63, 3.8) is 0 Å². The van der Waals surface area contributed by atoms with E-state index >= 15 is 0 Å². The Labute approximate surface area is 186 Å². The first-order valence-corrected chi connectivity index (χ1v) is 9.93. The minimum Gasteiger partial charge on any atom is -0.480 e. The zero-order chi connectivity index (χ0) is 23.7. The van der Waals surface area contributed by atoms with Gasteiger partial charge in [0.2, 0.25) is 0 Å². The van der Waals surface area contributed by atoms with E-state index in [0.717, 1.165) is 0 Å². The van der Waals surface area contributed by atoms with Crippen LogP contribution in [0.2, 0.25) is 0 Å². The molecule has 0 aliphatic heterocycles. The molecule has 0 amide bonds. The van der Waals surface area contributed by atoms with Crippen molar-refractivity contribution in [1.29, 1.82) is 0 Å². The van der Waals surface area contributed by atoms with Crippen LogP contribution in [0.4, 0.5) is 0 Å². The lowest BCUT2D eigenvalue weighted by Gasteiger charge is -2.27. The van der Waals surface area contributed by atoms with Gasteiger partial charge in [-0.15, -0.1) is 0 Å². The first kappa shape index (κ1) is 25.5. The minimum atomic E-state index is -1.71. The average Bonchev–Trinajstić information content (AvgIpc) is 2.71. The number of carboxylic acid groups (broad SMARTS) is 2. The van der Waals surface area contributed by atoms with Crippen molar-refractivity contribution in [3.05, 3.63) is 59.7 Å². The standard InChI is InChI=1S/C20H26B2N2O8/c25-19(26)13-23(11-15-5-1-3-7-17(15)21(29)30)9-10-24(14-20(27)28)12-16-6-2-4-8-18(16)22(31)32/h1-8,29-32H,9-14H2,(H,25,26)(H,27,28). The number of rotatable bonds is 13. The summed E-state index contributed by atoms with van der Waals surface area (Å²) >= 11 is 0. The Bertz CT molecular complexity index is 839. The van der Waals surface area contributed by atoms with E-state index in [2.05, 4.69) is 0 Å². The van der Waals surface area contributed by atoms with Gasteiger partial charge < -0.3 is 30.3 Å². The zero-order valence-corrected chi connectivity index (χ0v) is 17.4. The van der Waals surface area contributed by atoms with Gasteiger partial charge in [-0.2, -0.15) is 0 Å². The Hall–Kier alpha value is -2.73. The van der Waals surface area contributed by atoms with E-state index in [4.69, 9.17) is 0 Å². The Morgan fingerprint density at radius 2 is 1.00 bits per heavy atom. The van der Waals surface area contributed by atoms with Gasteiger partial charge in [-0.05, 0) is 22.1 Å². The fourth-order valence-corrected chi connectivity index (χ4v) is 3.44. The lowest BCUT2D eigenvalue weighted by Crippen LogP contribution is -2.42. The van der Waals surface area contributed by atoms with Crippen molar-refractivity contribution >= 4 is 37.1 Å². The Morgan fingerprint density at radius 3 is 1.31 bits per heavy atom. The molecule has 0 aromatic heterocycles. The van der Waals surface area contributed by atoms with E-state index in [0.29, 0.717) is 11.1 Å². The quantitative estimate of drug-likeness (QED) is 0.183. The summed E-state index contributed by atoms with van der Waals surface area (Å²) in [6.45, 7) is -0.0656. The second kappa shape index (κ2) is 12.3. The van der Waals surface area contributed by atoms with Crippen LogP contribution >= 0.6 is 0 Å². The number of benzene rings is 2. The number of aliphatic carboxylic acids is 2. The van der Waals surface area contributed by atoms with Crippen LogP contribution in [0.3, 0.4) is 0 Å². The second-order valence-corrected chi connectivity index (χ2v) is 7.35. The summed E-state index contributed by atoms with van der Waals surface area (Å²) in [5.41, 5.74) is 1.61. The predicted molar refractivity (Wildman–Crippen MR) is 118 cm³/mol. The third kappa shape index (κ3) is 8.08. The molecule has 0 saturated carbocycles. The molecule has 10 nitrogen and oxygen atoms in total. The molecule has 12 heteroatoms. The molecule has 32 heavy (non-hydrogen) atoms. The van der Waals surface area contributed by atoms with Crippen LogP contribution in [-0.2, 0) is 22.7 Å². The molecule has 0 heterocycles. The molecule has 0 spiro atoms. The van der Waals surface area contributed by atoms with Gasteiger partial charge in [0, 0.05) is 26.2 Å². The molecule has 0 saturated heterocycles. The van der Waals surface area contributed by atoms with Crippen molar-refractivity contribution in [2.75, 3.05) is 26.2 Å². The number of carbonyl (C=O) groups is 2. The van der Waals surface area contributed by atoms with E-state index in [-0.39, 0.29) is 50.2 Å². The molecule has 0 unspecified atom stereocenters. The normalized spacial score (nSPS) is 11.1. The molecule has 0 atom stereocenters. The molecular formula is C20H26B2N2O8. The predicted octanol–water partition coefficient (Wildman–Crippen LogP) is -2.48. The van der Waals surface area contributed by atoms with Crippen molar-refractivity contribution in [3.8, 4) is 0 Å². The summed E-state index contributed by atoms with van der Waals surface area (Å²) in [5, 5.41) is 56.8. The summed E-state index contributed by atoms with van der Waals surface area (Å²) in [7, 11) is -3.41. The largest absolute Gasteiger partial charge is 0.488 e. The molecule has 0 fully saturated rings. The molecule has 2 aromatic carbocycles.